The molecule has 0 saturated carbocycles. The molecule has 1 N–H and O–H groups in total. The lowest BCUT2D eigenvalue weighted by Gasteiger charge is -2.35. The summed E-state index contributed by atoms with van der Waals surface area (Å²) in [6.45, 7) is 3.33. The van der Waals surface area contributed by atoms with Gasteiger partial charge in [-0.2, -0.15) is 0 Å². The molecule has 2 aromatic rings. The molecule has 0 amide bonds. The molecule has 0 aliphatic carbocycles. The molecular weight excluding hydrogens is 366 g/mol. The Kier molecular flexibility index (Phi) is 5.28. The highest BCUT2D eigenvalue weighted by Crippen LogP contribution is 2.41. The maximum Gasteiger partial charge on any atom is 0.129 e. The molecule has 2 heterocycles. The number of hydrogen-bond acceptors (Lipinski definition) is 3. The number of piperazine rings is 1. The van der Waals surface area contributed by atoms with Crippen molar-refractivity contribution in [1.82, 2.24) is 10.2 Å². The van der Waals surface area contributed by atoms with E-state index in [9.17, 15) is 4.39 Å². The summed E-state index contributed by atoms with van der Waals surface area (Å²) in [6, 6.07) is 6.34. The van der Waals surface area contributed by atoms with Gasteiger partial charge in [-0.3, -0.25) is 4.90 Å². The van der Waals surface area contributed by atoms with Crippen molar-refractivity contribution in [1.29, 1.82) is 0 Å². The number of halogens is 4. The summed E-state index contributed by atoms with van der Waals surface area (Å²) < 4.78 is 15.2. The number of nitrogens with one attached hydrogen (secondary N) is 1. The van der Waals surface area contributed by atoms with Crippen molar-refractivity contribution in [2.45, 2.75) is 6.04 Å². The van der Waals surface area contributed by atoms with Crippen LogP contribution in [0.2, 0.25) is 14.4 Å². The monoisotopic (exact) mass is 378 g/mol. The molecule has 2 nitrogen and oxygen atoms in total. The Morgan fingerprint density at radius 3 is 2.45 bits per heavy atom. The minimum atomic E-state index is -0.345. The molecule has 0 spiro atoms. The molecule has 0 unspecified atom stereocenters. The minimum Gasteiger partial charge on any atom is -0.314 e. The third-order valence-corrected chi connectivity index (χ3v) is 5.84. The van der Waals surface area contributed by atoms with E-state index in [0.717, 1.165) is 31.1 Å². The Labute approximate surface area is 147 Å². The van der Waals surface area contributed by atoms with Crippen LogP contribution in [-0.2, 0) is 0 Å². The van der Waals surface area contributed by atoms with Gasteiger partial charge in [0, 0.05) is 36.6 Å². The highest BCUT2D eigenvalue weighted by atomic mass is 35.5. The maximum absolute atomic E-state index is 14.5. The van der Waals surface area contributed by atoms with E-state index in [1.54, 1.807) is 0 Å². The number of nitrogens with zero attached hydrogens (tertiary/aromatic N) is 1. The molecule has 22 heavy (non-hydrogen) atoms. The van der Waals surface area contributed by atoms with Crippen LogP contribution in [0.25, 0.3) is 0 Å². The van der Waals surface area contributed by atoms with Crippen LogP contribution < -0.4 is 5.32 Å². The third kappa shape index (κ3) is 3.28. The molecular formula is C15H14Cl3FN2S. The van der Waals surface area contributed by atoms with Crippen molar-refractivity contribution >= 4 is 46.1 Å². The lowest BCUT2D eigenvalue weighted by atomic mass is 10.0. The van der Waals surface area contributed by atoms with Crippen LogP contribution in [0.3, 0.4) is 0 Å². The summed E-state index contributed by atoms with van der Waals surface area (Å²) in [4.78, 5) is 3.18. The molecule has 1 fully saturated rings. The molecule has 118 valence electrons. The third-order valence-electron chi connectivity index (χ3n) is 3.73. The molecule has 0 radical (unpaired) electrons. The fourth-order valence-electron chi connectivity index (χ4n) is 2.71. The van der Waals surface area contributed by atoms with Crippen molar-refractivity contribution < 1.29 is 4.39 Å². The first kappa shape index (κ1) is 16.5. The SMILES string of the molecule is Fc1ccc(Cl)c(Cl)c1[C@H](c1ccc(Cl)s1)N1CCNCC1. The molecule has 1 aliphatic rings. The smallest absolute Gasteiger partial charge is 0.129 e. The molecule has 7 heteroatoms. The summed E-state index contributed by atoms with van der Waals surface area (Å²) in [6.07, 6.45) is 0. The van der Waals surface area contributed by atoms with Gasteiger partial charge in [0.1, 0.15) is 5.82 Å². The second kappa shape index (κ2) is 7.04. The molecule has 1 saturated heterocycles. The van der Waals surface area contributed by atoms with Crippen LogP contribution in [0.4, 0.5) is 4.39 Å². The zero-order chi connectivity index (χ0) is 15.7. The van der Waals surface area contributed by atoms with Crippen molar-refractivity contribution in [3.05, 3.63) is 54.9 Å². The van der Waals surface area contributed by atoms with E-state index >= 15 is 0 Å². The highest BCUT2D eigenvalue weighted by molar-refractivity contribution is 7.16. The minimum absolute atomic E-state index is 0.272. The first-order chi connectivity index (χ1) is 10.6. The van der Waals surface area contributed by atoms with E-state index < -0.39 is 0 Å². The van der Waals surface area contributed by atoms with Crippen molar-refractivity contribution in [3.63, 3.8) is 0 Å². The quantitative estimate of drug-likeness (QED) is 0.768. The molecule has 1 aliphatic heterocycles. The van der Waals surface area contributed by atoms with Crippen molar-refractivity contribution in [2.24, 2.45) is 0 Å². The second-order valence-corrected chi connectivity index (χ2v) is 7.62. The average Bonchev–Trinajstić information content (AvgIpc) is 2.94. The van der Waals surface area contributed by atoms with Gasteiger partial charge in [0.2, 0.25) is 0 Å². The molecule has 1 aromatic heterocycles. The predicted molar refractivity (Wildman–Crippen MR) is 92.0 cm³/mol. The van der Waals surface area contributed by atoms with Crippen molar-refractivity contribution in [3.8, 4) is 0 Å². The summed E-state index contributed by atoms with van der Waals surface area (Å²) in [5.41, 5.74) is 0.426. The van der Waals surface area contributed by atoms with E-state index in [-0.39, 0.29) is 16.9 Å². The zero-order valence-corrected chi connectivity index (χ0v) is 14.7. The lowest BCUT2D eigenvalue weighted by molar-refractivity contribution is 0.197. The van der Waals surface area contributed by atoms with Gasteiger partial charge in [0.25, 0.3) is 0 Å². The second-order valence-electron chi connectivity index (χ2n) is 5.09. The first-order valence-electron chi connectivity index (χ1n) is 6.91. The Bertz CT molecular complexity index is 671. The average molecular weight is 380 g/mol. The summed E-state index contributed by atoms with van der Waals surface area (Å²) >= 11 is 20.0. The Morgan fingerprint density at radius 1 is 1.09 bits per heavy atom. The van der Waals surface area contributed by atoms with Crippen LogP contribution in [0.15, 0.2) is 24.3 Å². The van der Waals surface area contributed by atoms with Crippen LogP contribution in [-0.4, -0.2) is 31.1 Å². The number of rotatable bonds is 3. The fraction of sp³-hybridized carbons (Fsp3) is 0.333. The largest absolute Gasteiger partial charge is 0.314 e. The van der Waals surface area contributed by atoms with Gasteiger partial charge in [-0.15, -0.1) is 11.3 Å². The van der Waals surface area contributed by atoms with Gasteiger partial charge in [-0.25, -0.2) is 4.39 Å². The summed E-state index contributed by atoms with van der Waals surface area (Å²) in [5.74, 6) is -0.345. The normalized spacial score (nSPS) is 17.6. The van der Waals surface area contributed by atoms with Crippen LogP contribution >= 0.6 is 46.1 Å². The van der Waals surface area contributed by atoms with Gasteiger partial charge in [-0.05, 0) is 24.3 Å². The van der Waals surface area contributed by atoms with Gasteiger partial charge >= 0.3 is 0 Å². The van der Waals surface area contributed by atoms with Gasteiger partial charge in [0.05, 0.1) is 20.4 Å². The fourth-order valence-corrected chi connectivity index (χ4v) is 4.34. The topological polar surface area (TPSA) is 15.3 Å². The molecule has 1 aromatic carbocycles. The van der Waals surface area contributed by atoms with E-state index in [1.807, 2.05) is 12.1 Å². The number of benzene rings is 1. The Morgan fingerprint density at radius 2 is 1.82 bits per heavy atom. The number of thiophene rings is 1. The highest BCUT2D eigenvalue weighted by Gasteiger charge is 2.30. The predicted octanol–water partition coefficient (Wildman–Crippen LogP) is 4.84. The Balaban J connectivity index is 2.11. The molecule has 3 rings (SSSR count). The Hall–Kier alpha value is -0.360. The molecule has 0 bridgehead atoms. The van der Waals surface area contributed by atoms with Gasteiger partial charge < -0.3 is 5.32 Å². The van der Waals surface area contributed by atoms with E-state index in [1.165, 1.54) is 23.5 Å². The van der Waals surface area contributed by atoms with Crippen LogP contribution in [0, 0.1) is 5.82 Å². The number of hydrogen-bond donors (Lipinski definition) is 1. The lowest BCUT2D eigenvalue weighted by Crippen LogP contribution is -2.45. The summed E-state index contributed by atoms with van der Waals surface area (Å²) in [5, 5.41) is 3.94. The van der Waals surface area contributed by atoms with E-state index in [0.29, 0.717) is 14.9 Å². The molecule has 1 atom stereocenters. The zero-order valence-electron chi connectivity index (χ0n) is 11.6. The first-order valence-corrected chi connectivity index (χ1v) is 8.86. The van der Waals surface area contributed by atoms with Gasteiger partial charge in [0.15, 0.2) is 0 Å². The van der Waals surface area contributed by atoms with Crippen LogP contribution in [0.1, 0.15) is 16.5 Å². The standard InChI is InChI=1S/C15H14Cl3FN2S/c16-9-1-2-10(19)13(14(9)18)15(11-3-4-12(17)22-11)21-7-5-20-6-8-21/h1-4,15,20H,5-8H2/t15-/m0/s1. The van der Waals surface area contributed by atoms with E-state index in [4.69, 9.17) is 34.8 Å². The van der Waals surface area contributed by atoms with Crippen molar-refractivity contribution in [2.75, 3.05) is 26.2 Å². The maximum atomic E-state index is 14.5. The summed E-state index contributed by atoms with van der Waals surface area (Å²) in [7, 11) is 0. The van der Waals surface area contributed by atoms with E-state index in [2.05, 4.69) is 10.2 Å². The van der Waals surface area contributed by atoms with Crippen LogP contribution in [0.5, 0.6) is 0 Å². The van der Waals surface area contributed by atoms with Gasteiger partial charge in [-0.1, -0.05) is 34.8 Å².